The highest BCUT2D eigenvalue weighted by Gasteiger charge is 2.27. The fourth-order valence-corrected chi connectivity index (χ4v) is 4.50. The van der Waals surface area contributed by atoms with Gasteiger partial charge in [0.15, 0.2) is 17.0 Å². The molecular weight excluding hydrogens is 466 g/mol. The Morgan fingerprint density at radius 2 is 1.89 bits per heavy atom. The van der Waals surface area contributed by atoms with Crippen LogP contribution in [0.25, 0.3) is 6.08 Å². The van der Waals surface area contributed by atoms with Crippen LogP contribution < -0.4 is 20.1 Å². The Morgan fingerprint density at radius 1 is 1.09 bits per heavy atom. The van der Waals surface area contributed by atoms with E-state index in [0.717, 1.165) is 17.7 Å². The summed E-state index contributed by atoms with van der Waals surface area (Å²) in [6.45, 7) is 2.26. The van der Waals surface area contributed by atoms with Crippen molar-refractivity contribution in [3.05, 3.63) is 98.4 Å². The van der Waals surface area contributed by atoms with Crippen LogP contribution in [0.4, 0.5) is 11.4 Å². The number of anilines is 1. The number of carbonyl (C=O) groups is 1. The van der Waals surface area contributed by atoms with E-state index < -0.39 is 4.92 Å². The third kappa shape index (κ3) is 6.13. The number of nitro benzene ring substituents is 1. The number of rotatable bonds is 9. The van der Waals surface area contributed by atoms with Gasteiger partial charge in [-0.1, -0.05) is 49.0 Å². The van der Waals surface area contributed by atoms with E-state index in [-0.39, 0.29) is 23.7 Å². The van der Waals surface area contributed by atoms with Crippen molar-refractivity contribution in [1.82, 2.24) is 5.32 Å². The van der Waals surface area contributed by atoms with Crippen molar-refractivity contribution in [2.24, 2.45) is 0 Å². The number of ether oxygens (including phenoxy) is 2. The maximum Gasteiger partial charge on any atom is 0.269 e. The first-order chi connectivity index (χ1) is 16.9. The number of nitrogens with zero attached hydrogens (tertiary/aromatic N) is 1. The SMILES string of the molecule is CCc1ccc(N[C@H]2NC(=O)/C(=C/c3ccc(OCc4cccc([N+](=O)[O-])c4)c(OC)c3)S2)cc1. The molecule has 1 heterocycles. The van der Waals surface area contributed by atoms with Crippen molar-refractivity contribution in [2.45, 2.75) is 25.4 Å². The largest absolute Gasteiger partial charge is 0.493 e. The van der Waals surface area contributed by atoms with E-state index in [2.05, 4.69) is 29.7 Å². The molecule has 1 saturated heterocycles. The van der Waals surface area contributed by atoms with Crippen LogP contribution in [-0.4, -0.2) is 23.4 Å². The molecule has 0 saturated carbocycles. The van der Waals surface area contributed by atoms with Crippen molar-refractivity contribution in [2.75, 3.05) is 12.4 Å². The first-order valence-electron chi connectivity index (χ1n) is 11.0. The number of amides is 1. The zero-order valence-electron chi connectivity index (χ0n) is 19.3. The molecule has 35 heavy (non-hydrogen) atoms. The fourth-order valence-electron chi connectivity index (χ4n) is 3.52. The Bertz CT molecular complexity index is 1260. The molecule has 1 amide bonds. The van der Waals surface area contributed by atoms with Crippen LogP contribution in [-0.2, 0) is 17.8 Å². The summed E-state index contributed by atoms with van der Waals surface area (Å²) in [6, 6.07) is 19.8. The fraction of sp³-hybridized carbons (Fsp3) is 0.192. The van der Waals surface area contributed by atoms with Gasteiger partial charge in [0.25, 0.3) is 11.6 Å². The summed E-state index contributed by atoms with van der Waals surface area (Å²) in [5.74, 6) is 0.848. The van der Waals surface area contributed by atoms with Gasteiger partial charge in [0.2, 0.25) is 0 Å². The smallest absolute Gasteiger partial charge is 0.269 e. The summed E-state index contributed by atoms with van der Waals surface area (Å²) >= 11 is 1.41. The predicted molar refractivity (Wildman–Crippen MR) is 137 cm³/mol. The number of non-ortho nitro benzene ring substituents is 1. The van der Waals surface area contributed by atoms with E-state index in [1.165, 1.54) is 36.6 Å². The number of hydrogen-bond donors (Lipinski definition) is 2. The number of carbonyl (C=O) groups excluding carboxylic acids is 1. The molecule has 8 nitrogen and oxygen atoms in total. The van der Waals surface area contributed by atoms with Crippen molar-refractivity contribution in [3.8, 4) is 11.5 Å². The number of nitro groups is 1. The van der Waals surface area contributed by atoms with Crippen LogP contribution in [0.1, 0.15) is 23.6 Å². The highest BCUT2D eigenvalue weighted by molar-refractivity contribution is 8.05. The van der Waals surface area contributed by atoms with Crippen molar-refractivity contribution in [3.63, 3.8) is 0 Å². The lowest BCUT2D eigenvalue weighted by Crippen LogP contribution is -2.30. The van der Waals surface area contributed by atoms with Crippen LogP contribution in [0.5, 0.6) is 11.5 Å². The van der Waals surface area contributed by atoms with Crippen molar-refractivity contribution < 1.29 is 19.2 Å². The quantitative estimate of drug-likeness (QED) is 0.236. The normalized spacial score (nSPS) is 16.1. The van der Waals surface area contributed by atoms with E-state index in [9.17, 15) is 14.9 Å². The van der Waals surface area contributed by atoms with Crippen LogP contribution in [0.2, 0.25) is 0 Å². The summed E-state index contributed by atoms with van der Waals surface area (Å²) in [6.07, 6.45) is 2.78. The monoisotopic (exact) mass is 491 g/mol. The molecule has 0 radical (unpaired) electrons. The topological polar surface area (TPSA) is 103 Å². The lowest BCUT2D eigenvalue weighted by atomic mass is 10.1. The second kappa shape index (κ2) is 11.0. The van der Waals surface area contributed by atoms with E-state index in [4.69, 9.17) is 9.47 Å². The zero-order chi connectivity index (χ0) is 24.8. The zero-order valence-corrected chi connectivity index (χ0v) is 20.1. The molecule has 1 fully saturated rings. The average molecular weight is 492 g/mol. The molecule has 4 rings (SSSR count). The molecule has 2 N–H and O–H groups in total. The highest BCUT2D eigenvalue weighted by Crippen LogP contribution is 2.33. The molecule has 180 valence electrons. The van der Waals surface area contributed by atoms with Gasteiger partial charge in [-0.3, -0.25) is 14.9 Å². The predicted octanol–water partition coefficient (Wildman–Crippen LogP) is 5.34. The minimum atomic E-state index is -0.439. The Kier molecular flexibility index (Phi) is 7.57. The van der Waals surface area contributed by atoms with Gasteiger partial charge in [0.05, 0.1) is 16.9 Å². The van der Waals surface area contributed by atoms with Gasteiger partial charge in [-0.2, -0.15) is 0 Å². The molecule has 0 aliphatic carbocycles. The number of benzene rings is 3. The molecule has 0 bridgehead atoms. The van der Waals surface area contributed by atoms with Crippen LogP contribution in [0, 0.1) is 10.1 Å². The molecular formula is C26H25N3O5S. The van der Waals surface area contributed by atoms with Gasteiger partial charge < -0.3 is 20.1 Å². The minimum Gasteiger partial charge on any atom is -0.493 e. The Balaban J connectivity index is 1.42. The second-order valence-electron chi connectivity index (χ2n) is 7.80. The number of thioether (sulfide) groups is 1. The summed E-state index contributed by atoms with van der Waals surface area (Å²) < 4.78 is 11.3. The molecule has 9 heteroatoms. The number of methoxy groups -OCH3 is 1. The van der Waals surface area contributed by atoms with E-state index in [1.807, 2.05) is 18.2 Å². The van der Waals surface area contributed by atoms with Gasteiger partial charge in [0.1, 0.15) is 6.61 Å². The molecule has 0 unspecified atom stereocenters. The van der Waals surface area contributed by atoms with E-state index in [0.29, 0.717) is 22.0 Å². The van der Waals surface area contributed by atoms with Crippen LogP contribution in [0.15, 0.2) is 71.6 Å². The van der Waals surface area contributed by atoms with Gasteiger partial charge in [-0.25, -0.2) is 0 Å². The van der Waals surface area contributed by atoms with E-state index in [1.54, 1.807) is 30.3 Å². The lowest BCUT2D eigenvalue weighted by Gasteiger charge is -2.13. The van der Waals surface area contributed by atoms with Crippen LogP contribution in [0.3, 0.4) is 0 Å². The Hall–Kier alpha value is -3.98. The highest BCUT2D eigenvalue weighted by atomic mass is 32.2. The first-order valence-corrected chi connectivity index (χ1v) is 11.9. The summed E-state index contributed by atoms with van der Waals surface area (Å²) in [4.78, 5) is 23.6. The van der Waals surface area contributed by atoms with E-state index >= 15 is 0 Å². The van der Waals surface area contributed by atoms with Gasteiger partial charge >= 0.3 is 0 Å². The summed E-state index contributed by atoms with van der Waals surface area (Å²) in [7, 11) is 1.53. The first kappa shape index (κ1) is 24.2. The lowest BCUT2D eigenvalue weighted by molar-refractivity contribution is -0.384. The number of nitrogens with one attached hydrogen (secondary N) is 2. The summed E-state index contributed by atoms with van der Waals surface area (Å²) in [5, 5.41) is 17.2. The number of aryl methyl sites for hydroxylation is 1. The standard InChI is InChI=1S/C26H25N3O5S/c1-3-17-7-10-20(11-8-17)27-26-28-25(30)24(35-26)15-18-9-12-22(23(14-18)33-2)34-16-19-5-4-6-21(13-19)29(31)32/h4-15,26-27H,3,16H2,1-2H3,(H,28,30)/b24-15-/t26-/m0/s1. The maximum atomic E-state index is 12.5. The second-order valence-corrected chi connectivity index (χ2v) is 8.95. The Morgan fingerprint density at radius 3 is 2.60 bits per heavy atom. The van der Waals surface area contributed by atoms with Crippen molar-refractivity contribution in [1.29, 1.82) is 0 Å². The molecule has 1 aliphatic heterocycles. The number of hydrogen-bond acceptors (Lipinski definition) is 7. The molecule has 0 aromatic heterocycles. The van der Waals surface area contributed by atoms with Gasteiger partial charge in [-0.05, 0) is 53.5 Å². The Labute approximate surface area is 207 Å². The molecule has 0 spiro atoms. The third-order valence-corrected chi connectivity index (χ3v) is 6.42. The van der Waals surface area contributed by atoms with Crippen molar-refractivity contribution >= 4 is 35.1 Å². The molecule has 3 aromatic carbocycles. The molecule has 1 aliphatic rings. The maximum absolute atomic E-state index is 12.5. The molecule has 1 atom stereocenters. The van der Waals surface area contributed by atoms with Gasteiger partial charge in [0, 0.05) is 17.8 Å². The summed E-state index contributed by atoms with van der Waals surface area (Å²) in [5.41, 5.74) is 3.40. The van der Waals surface area contributed by atoms with Gasteiger partial charge in [-0.15, -0.1) is 0 Å². The average Bonchev–Trinajstić information content (AvgIpc) is 3.21. The van der Waals surface area contributed by atoms with Crippen LogP contribution >= 0.6 is 11.8 Å². The minimum absolute atomic E-state index is 0.0122. The molecule has 3 aromatic rings. The third-order valence-electron chi connectivity index (χ3n) is 5.39.